The Kier molecular flexibility index (Phi) is 7.02. The molecule has 0 aliphatic rings. The first-order valence-corrected chi connectivity index (χ1v) is 4.21. The summed E-state index contributed by atoms with van der Waals surface area (Å²) in [5.74, 6) is 0. The van der Waals surface area contributed by atoms with E-state index < -0.39 is 0 Å². The van der Waals surface area contributed by atoms with Gasteiger partial charge in [0, 0.05) is 5.56 Å². The van der Waals surface area contributed by atoms with Crippen LogP contribution in [0.15, 0.2) is 30.3 Å². The summed E-state index contributed by atoms with van der Waals surface area (Å²) in [6.07, 6.45) is 0. The van der Waals surface area contributed by atoms with E-state index in [9.17, 15) is 0 Å². The van der Waals surface area contributed by atoms with Gasteiger partial charge in [-0.15, -0.1) is 0 Å². The van der Waals surface area contributed by atoms with Crippen molar-refractivity contribution in [3.63, 3.8) is 0 Å². The Hall–Kier alpha value is -0.900. The van der Waals surface area contributed by atoms with Gasteiger partial charge in [-0.25, -0.2) is 4.99 Å². The summed E-state index contributed by atoms with van der Waals surface area (Å²) in [6, 6.07) is 9.83. The van der Waals surface area contributed by atoms with Crippen molar-refractivity contribution in [2.24, 2.45) is 0 Å². The first-order valence-electron chi connectivity index (χ1n) is 4.21. The number of hydrogen-bond acceptors (Lipinski definition) is 2. The van der Waals surface area contributed by atoms with E-state index in [1.807, 2.05) is 30.3 Å². The summed E-state index contributed by atoms with van der Waals surface area (Å²) >= 11 is 0. The lowest BCUT2D eigenvalue weighted by molar-refractivity contribution is -0.478. The van der Waals surface area contributed by atoms with E-state index in [-0.39, 0.29) is 25.6 Å². The number of hydrogen-bond donors (Lipinski definition) is 3. The van der Waals surface area contributed by atoms with Gasteiger partial charge in [-0.3, -0.25) is 0 Å². The maximum Gasteiger partial charge on any atom is 0.202 e. The molecule has 0 aliphatic carbocycles. The van der Waals surface area contributed by atoms with Crippen molar-refractivity contribution < 1.29 is 27.6 Å². The van der Waals surface area contributed by atoms with Gasteiger partial charge in [0.25, 0.3) is 0 Å². The van der Waals surface area contributed by atoms with Crippen LogP contribution in [-0.2, 0) is 6.54 Å². The average molecular weight is 216 g/mol. The molecule has 3 nitrogen and oxygen atoms in total. The van der Waals surface area contributed by atoms with Gasteiger partial charge in [-0.2, -0.15) is 0 Å². The minimum absolute atomic E-state index is 0. The third-order valence-electron chi connectivity index (χ3n) is 1.77. The minimum atomic E-state index is -0.122. The van der Waals surface area contributed by atoms with Crippen LogP contribution in [0.25, 0.3) is 0 Å². The molecule has 4 heteroatoms. The van der Waals surface area contributed by atoms with Crippen LogP contribution in [-0.4, -0.2) is 29.1 Å². The summed E-state index contributed by atoms with van der Waals surface area (Å²) in [4.78, 5) is 2.95. The van der Waals surface area contributed by atoms with Crippen molar-refractivity contribution in [3.05, 3.63) is 35.9 Å². The third kappa shape index (κ3) is 4.37. The molecule has 0 saturated heterocycles. The number of nitrogens with one attached hydrogen (secondary N) is 1. The first-order chi connectivity index (χ1) is 6.36. The van der Waals surface area contributed by atoms with E-state index in [0.29, 0.717) is 12.3 Å². The maximum absolute atomic E-state index is 8.74. The van der Waals surface area contributed by atoms with Gasteiger partial charge < -0.3 is 22.6 Å². The first kappa shape index (κ1) is 13.1. The molecule has 0 fully saturated rings. The predicted molar refractivity (Wildman–Crippen MR) is 50.3 cm³/mol. The summed E-state index contributed by atoms with van der Waals surface area (Å²) < 4.78 is 0. The van der Waals surface area contributed by atoms with Gasteiger partial charge in [0.2, 0.25) is 5.71 Å². The predicted octanol–water partition coefficient (Wildman–Crippen LogP) is -4.30. The largest absolute Gasteiger partial charge is 1.00 e. The molecule has 0 atom stereocenters. The highest BCUT2D eigenvalue weighted by molar-refractivity contribution is 5.80. The lowest BCUT2D eigenvalue weighted by Crippen LogP contribution is -3.00. The van der Waals surface area contributed by atoms with Gasteiger partial charge in [0.1, 0.15) is 13.2 Å². The van der Waals surface area contributed by atoms with Crippen LogP contribution in [0.2, 0.25) is 0 Å². The molecule has 0 saturated carbocycles. The lowest BCUT2D eigenvalue weighted by Gasteiger charge is -1.93. The van der Waals surface area contributed by atoms with E-state index in [1.54, 1.807) is 0 Å². The van der Waals surface area contributed by atoms with E-state index in [0.717, 1.165) is 5.56 Å². The summed E-state index contributed by atoms with van der Waals surface area (Å²) in [5, 5.41) is 17.5. The molecule has 0 radical (unpaired) electrons. The fraction of sp³-hybridized carbons (Fsp3) is 0.300. The summed E-state index contributed by atoms with van der Waals surface area (Å²) in [6.45, 7) is 0.393. The van der Waals surface area contributed by atoms with Crippen LogP contribution in [0.4, 0.5) is 0 Å². The molecule has 14 heavy (non-hydrogen) atoms. The molecule has 0 heterocycles. The van der Waals surface area contributed by atoms with Gasteiger partial charge in [-0.1, -0.05) is 30.3 Å². The molecule has 0 amide bonds. The zero-order chi connectivity index (χ0) is 9.52. The number of aliphatic hydroxyl groups is 2. The van der Waals surface area contributed by atoms with Crippen LogP contribution in [0, 0.1) is 0 Å². The number of rotatable bonds is 4. The Bertz CT molecular complexity index is 269. The van der Waals surface area contributed by atoms with Crippen LogP contribution < -0.4 is 17.4 Å². The normalized spacial score (nSPS) is 9.00. The van der Waals surface area contributed by atoms with Gasteiger partial charge in [0.05, 0.1) is 0 Å². The van der Waals surface area contributed by atoms with Crippen molar-refractivity contribution in [2.75, 3.05) is 13.2 Å². The molecular formula is C10H14ClNO2. The van der Waals surface area contributed by atoms with E-state index in [1.165, 1.54) is 0 Å². The average Bonchev–Trinajstić information content (AvgIpc) is 2.21. The molecule has 0 aliphatic heterocycles. The van der Waals surface area contributed by atoms with Crippen LogP contribution in [0.1, 0.15) is 5.56 Å². The Morgan fingerprint density at radius 3 is 2.14 bits per heavy atom. The second-order valence-electron chi connectivity index (χ2n) is 2.76. The molecule has 0 spiro atoms. The SMILES string of the molecule is OCC(CO)=[NH+]Cc1ccccc1.[Cl-]. The highest BCUT2D eigenvalue weighted by Gasteiger charge is 2.00. The fourth-order valence-electron chi connectivity index (χ4n) is 0.985. The molecule has 0 bridgehead atoms. The Labute approximate surface area is 89.5 Å². The molecule has 0 unspecified atom stereocenters. The second kappa shape index (κ2) is 7.50. The highest BCUT2D eigenvalue weighted by atomic mass is 35.5. The molecule has 78 valence electrons. The topological polar surface area (TPSA) is 54.4 Å². The molecule has 1 rings (SSSR count). The van der Waals surface area contributed by atoms with Crippen molar-refractivity contribution in [1.29, 1.82) is 0 Å². The zero-order valence-electron chi connectivity index (χ0n) is 7.78. The smallest absolute Gasteiger partial charge is 0.202 e. The molecule has 3 N–H and O–H groups in total. The number of halogens is 1. The second-order valence-corrected chi connectivity index (χ2v) is 2.76. The number of aliphatic hydroxyl groups excluding tert-OH is 2. The molecule has 1 aromatic carbocycles. The third-order valence-corrected chi connectivity index (χ3v) is 1.77. The van der Waals surface area contributed by atoms with Crippen LogP contribution in [0.3, 0.4) is 0 Å². The van der Waals surface area contributed by atoms with E-state index >= 15 is 0 Å². The Morgan fingerprint density at radius 2 is 1.64 bits per heavy atom. The molecule has 1 aromatic rings. The quantitative estimate of drug-likeness (QED) is 0.446. The van der Waals surface area contributed by atoms with Crippen molar-refractivity contribution in [3.8, 4) is 0 Å². The van der Waals surface area contributed by atoms with Crippen molar-refractivity contribution in [1.82, 2.24) is 0 Å². The van der Waals surface area contributed by atoms with Crippen LogP contribution >= 0.6 is 0 Å². The van der Waals surface area contributed by atoms with E-state index in [4.69, 9.17) is 10.2 Å². The van der Waals surface area contributed by atoms with Crippen LogP contribution in [0.5, 0.6) is 0 Å². The van der Waals surface area contributed by atoms with Crippen molar-refractivity contribution in [2.45, 2.75) is 6.54 Å². The standard InChI is InChI=1S/C10H13NO2.ClH/c12-7-10(8-13)11-6-9-4-2-1-3-5-9;/h1-5,12-13H,6-8H2;1H. The minimum Gasteiger partial charge on any atom is -1.00 e. The Morgan fingerprint density at radius 1 is 1.07 bits per heavy atom. The van der Waals surface area contributed by atoms with E-state index in [2.05, 4.69) is 4.99 Å². The number of benzene rings is 1. The lowest BCUT2D eigenvalue weighted by atomic mass is 10.2. The van der Waals surface area contributed by atoms with Gasteiger partial charge in [0.15, 0.2) is 6.54 Å². The fourth-order valence-corrected chi connectivity index (χ4v) is 0.985. The highest BCUT2D eigenvalue weighted by Crippen LogP contribution is 1.93. The summed E-state index contributed by atoms with van der Waals surface area (Å²) in [5.41, 5.74) is 1.67. The maximum atomic E-state index is 8.74. The Balaban J connectivity index is 0.00000169. The van der Waals surface area contributed by atoms with Gasteiger partial charge >= 0.3 is 0 Å². The van der Waals surface area contributed by atoms with Crippen molar-refractivity contribution >= 4 is 5.71 Å². The summed E-state index contributed by atoms with van der Waals surface area (Å²) in [7, 11) is 0. The molecule has 0 aromatic heterocycles. The molecular weight excluding hydrogens is 202 g/mol. The van der Waals surface area contributed by atoms with Gasteiger partial charge in [-0.05, 0) is 0 Å². The zero-order valence-corrected chi connectivity index (χ0v) is 8.54. The monoisotopic (exact) mass is 215 g/mol.